The van der Waals surface area contributed by atoms with Gasteiger partial charge in [0.1, 0.15) is 0 Å². The molecule has 1 amide bonds. The Labute approximate surface area is 229 Å². The predicted molar refractivity (Wildman–Crippen MR) is 136 cm³/mol. The van der Waals surface area contributed by atoms with Crippen LogP contribution in [0, 0.1) is 5.82 Å². The number of ether oxygens (including phenoxy) is 1. The van der Waals surface area contributed by atoms with Crippen LogP contribution in [-0.2, 0) is 0 Å². The van der Waals surface area contributed by atoms with E-state index in [1.807, 2.05) is 18.2 Å². The number of halogens is 3. The molecule has 0 radical (unpaired) electrons. The van der Waals surface area contributed by atoms with Crippen LogP contribution in [0.3, 0.4) is 0 Å². The maximum atomic E-state index is 13.5. The van der Waals surface area contributed by atoms with Crippen LogP contribution in [-0.4, -0.2) is 70.2 Å². The van der Waals surface area contributed by atoms with Crippen LogP contribution in [0.2, 0.25) is 10.0 Å². The van der Waals surface area contributed by atoms with Gasteiger partial charge in [-0.25, -0.2) is 4.39 Å². The number of amides is 1. The second kappa shape index (κ2) is 11.7. The van der Waals surface area contributed by atoms with Crippen molar-refractivity contribution >= 4 is 65.8 Å². The van der Waals surface area contributed by atoms with Crippen LogP contribution in [0.1, 0.15) is 36.2 Å². The van der Waals surface area contributed by atoms with E-state index >= 15 is 0 Å². The molecule has 1 aliphatic carbocycles. The van der Waals surface area contributed by atoms with E-state index < -0.39 is 11.9 Å². The van der Waals surface area contributed by atoms with E-state index in [-0.39, 0.29) is 26.7 Å². The summed E-state index contributed by atoms with van der Waals surface area (Å²) < 4.78 is 18.8. The Morgan fingerprint density at radius 2 is 1.97 bits per heavy atom. The Kier molecular flexibility index (Phi) is 8.86. The van der Waals surface area contributed by atoms with E-state index in [0.717, 1.165) is 36.6 Å². The molecule has 0 saturated heterocycles. The molecule has 3 N–H and O–H groups in total. The van der Waals surface area contributed by atoms with Gasteiger partial charge in [0.25, 0.3) is 0 Å². The van der Waals surface area contributed by atoms with Gasteiger partial charge in [-0.05, 0) is 0 Å². The molecule has 35 heavy (non-hydrogen) atoms. The summed E-state index contributed by atoms with van der Waals surface area (Å²) in [5, 5.41) is 18.4. The van der Waals surface area contributed by atoms with E-state index in [9.17, 15) is 14.3 Å². The summed E-state index contributed by atoms with van der Waals surface area (Å²) in [4.78, 5) is 17.4. The number of aliphatic hydroxyl groups excluding tert-OH is 1. The zero-order valence-corrected chi connectivity index (χ0v) is 24.9. The maximum absolute atomic E-state index is 13.5. The topological polar surface area (TPSA) is 83.5 Å². The van der Waals surface area contributed by atoms with E-state index in [1.54, 1.807) is 18.2 Å². The summed E-state index contributed by atoms with van der Waals surface area (Å²) in [7, 11) is 0. The SMILES string of the molecule is O=C(N[C]1([Tl])CCC(NCC(O)COc2ccc(Cl)c(F)c2)CC1)c1ccc2cc(Cl)ccc2n1. The van der Waals surface area contributed by atoms with Crippen molar-refractivity contribution in [3.63, 3.8) is 0 Å². The molecule has 1 aliphatic rings. The fourth-order valence-electron chi connectivity index (χ4n) is 4.10. The quantitative estimate of drug-likeness (QED) is 0.305. The number of carbonyl (C=O) groups excluding carboxylic acids is 1. The molecule has 1 atom stereocenters. The van der Waals surface area contributed by atoms with Gasteiger partial charge in [-0.15, -0.1) is 0 Å². The number of benzene rings is 2. The molecule has 1 heterocycles. The zero-order chi connectivity index (χ0) is 25.0. The predicted octanol–water partition coefficient (Wildman–Crippen LogP) is 4.25. The molecule has 0 aliphatic heterocycles. The number of hydrogen-bond acceptors (Lipinski definition) is 5. The van der Waals surface area contributed by atoms with Crippen molar-refractivity contribution in [2.45, 2.75) is 40.9 Å². The summed E-state index contributed by atoms with van der Waals surface area (Å²) >= 11 is 12.3. The molecule has 1 aromatic heterocycles. The molecule has 1 unspecified atom stereocenters. The van der Waals surface area contributed by atoms with Gasteiger partial charge in [0.05, 0.1) is 5.02 Å². The molecule has 4 rings (SSSR count). The van der Waals surface area contributed by atoms with Crippen LogP contribution in [0.5, 0.6) is 5.75 Å². The number of fused-ring (bicyclic) bond motifs is 1. The molecule has 0 bridgehead atoms. The van der Waals surface area contributed by atoms with Crippen LogP contribution < -0.4 is 15.4 Å². The molecular weight excluding hydrogens is 685 g/mol. The minimum absolute atomic E-state index is 0.0302. The second-order valence-electron chi connectivity index (χ2n) is 8.87. The Balaban J connectivity index is 1.22. The standard InChI is InChI=1S/C25H25Cl2FN3O3.Tl/c26-16-2-10-23-15(11-16)1-9-24(31-23)25(33)30-18-5-3-17(4-6-18)29-13-19(32)14-34-20-7-8-21(27)22(28)12-20;/h1-2,7-12,17,19,29,32H,3-6,13-14H2,(H,30,33);. The molecule has 2 aromatic carbocycles. The first kappa shape index (κ1) is 26.5. The molecule has 6 nitrogen and oxygen atoms in total. The number of nitrogens with one attached hydrogen (secondary N) is 2. The van der Waals surface area contributed by atoms with Crippen LogP contribution in [0.25, 0.3) is 10.9 Å². The summed E-state index contributed by atoms with van der Waals surface area (Å²) in [6.07, 6.45) is 2.82. The van der Waals surface area contributed by atoms with Crippen molar-refractivity contribution in [2.75, 3.05) is 13.2 Å². The Bertz CT molecular complexity index is 1210. The second-order valence-corrected chi connectivity index (χ2v) is 14.0. The third-order valence-electron chi connectivity index (χ3n) is 6.10. The summed E-state index contributed by atoms with van der Waals surface area (Å²) in [5.41, 5.74) is 1.15. The Hall–Kier alpha value is -1.53. The van der Waals surface area contributed by atoms with Gasteiger partial charge in [0, 0.05) is 0 Å². The Morgan fingerprint density at radius 1 is 1.20 bits per heavy atom. The monoisotopic (exact) mass is 709 g/mol. The molecule has 1 fully saturated rings. The van der Waals surface area contributed by atoms with E-state index in [1.165, 1.54) is 12.1 Å². The van der Waals surface area contributed by atoms with Gasteiger partial charge < -0.3 is 0 Å². The molecule has 10 heteroatoms. The molecule has 1 saturated carbocycles. The fourth-order valence-corrected chi connectivity index (χ4v) is 6.20. The van der Waals surface area contributed by atoms with Gasteiger partial charge in [0.2, 0.25) is 0 Å². The third-order valence-corrected chi connectivity index (χ3v) is 9.45. The van der Waals surface area contributed by atoms with E-state index in [0.29, 0.717) is 48.8 Å². The number of hydrogen-bond donors (Lipinski definition) is 3. The minimum atomic E-state index is -0.730. The van der Waals surface area contributed by atoms with Crippen molar-refractivity contribution in [1.29, 1.82) is 0 Å². The normalized spacial score (nSPS) is 20.9. The van der Waals surface area contributed by atoms with Crippen LogP contribution >= 0.6 is 23.2 Å². The summed E-state index contributed by atoms with van der Waals surface area (Å²) in [6.45, 7) is 0.419. The molecule has 0 spiro atoms. The average Bonchev–Trinajstić information content (AvgIpc) is 2.84. The molecule has 182 valence electrons. The molecule has 3 aromatic rings. The van der Waals surface area contributed by atoms with Crippen molar-refractivity contribution < 1.29 is 19.0 Å². The van der Waals surface area contributed by atoms with Gasteiger partial charge >= 0.3 is 209 Å². The first-order valence-corrected chi connectivity index (χ1v) is 14.4. The summed E-state index contributed by atoms with van der Waals surface area (Å²) in [5.74, 6) is -0.382. The number of carbonyl (C=O) groups is 1. The van der Waals surface area contributed by atoms with Gasteiger partial charge in [-0.2, -0.15) is 0 Å². The first-order chi connectivity index (χ1) is 16.7. The van der Waals surface area contributed by atoms with Crippen LogP contribution in [0.4, 0.5) is 4.39 Å². The first-order valence-electron chi connectivity index (χ1n) is 11.4. The number of rotatable bonds is 8. The van der Waals surface area contributed by atoms with Crippen molar-refractivity contribution in [3.05, 3.63) is 70.1 Å². The Morgan fingerprint density at radius 3 is 2.71 bits per heavy atom. The van der Waals surface area contributed by atoms with Gasteiger partial charge in [-0.3, -0.25) is 0 Å². The fraction of sp³-hybridized carbons (Fsp3) is 0.360. The van der Waals surface area contributed by atoms with Crippen molar-refractivity contribution in [3.8, 4) is 5.75 Å². The third kappa shape index (κ3) is 7.25. The summed E-state index contributed by atoms with van der Waals surface area (Å²) in [6, 6.07) is 13.5. The average molecular weight is 710 g/mol. The van der Waals surface area contributed by atoms with E-state index in [4.69, 9.17) is 27.9 Å². The number of nitrogens with zero attached hydrogens (tertiary/aromatic N) is 1. The molecular formula is C25H25Cl2FN3O3Tl. The zero-order valence-electron chi connectivity index (χ0n) is 18.9. The number of aliphatic hydroxyl groups is 1. The van der Waals surface area contributed by atoms with Crippen LogP contribution in [0.15, 0.2) is 48.5 Å². The van der Waals surface area contributed by atoms with Gasteiger partial charge in [-0.1, -0.05) is 11.6 Å². The van der Waals surface area contributed by atoms with Crippen molar-refractivity contribution in [2.24, 2.45) is 0 Å². The number of aromatic nitrogens is 1. The number of pyridine rings is 1. The van der Waals surface area contributed by atoms with Crippen molar-refractivity contribution in [1.82, 2.24) is 15.6 Å². The van der Waals surface area contributed by atoms with E-state index in [2.05, 4.69) is 15.6 Å². The van der Waals surface area contributed by atoms with Gasteiger partial charge in [0.15, 0.2) is 0 Å².